The monoisotopic (exact) mass is 371 g/mol. The highest BCUT2D eigenvalue weighted by Gasteiger charge is 2.19. The van der Waals surface area contributed by atoms with Gasteiger partial charge in [0.2, 0.25) is 5.12 Å². The number of benzene rings is 3. The summed E-state index contributed by atoms with van der Waals surface area (Å²) in [6.45, 7) is 0. The van der Waals surface area contributed by atoms with Gasteiger partial charge in [-0.2, -0.15) is 0 Å². The molecule has 0 spiro atoms. The third-order valence-corrected chi connectivity index (χ3v) is 4.80. The number of carbonyl (C=O) groups excluding carboxylic acids is 1. The fraction of sp³-hybridized carbons (Fsp3) is 0.0435. The summed E-state index contributed by atoms with van der Waals surface area (Å²) in [6.07, 6.45) is 0.342. The molecular formula is C23H17NO2S. The minimum absolute atomic E-state index is 0.00155. The van der Waals surface area contributed by atoms with Crippen LogP contribution in [0.2, 0.25) is 0 Å². The van der Waals surface area contributed by atoms with Gasteiger partial charge in [0.15, 0.2) is 5.76 Å². The first-order chi connectivity index (χ1) is 13.3. The summed E-state index contributed by atoms with van der Waals surface area (Å²) < 4.78 is 5.99. The Morgan fingerprint density at radius 3 is 1.96 bits per heavy atom. The molecule has 0 amide bonds. The molecule has 0 saturated carbocycles. The Hall–Kier alpha value is -3.11. The van der Waals surface area contributed by atoms with E-state index in [4.69, 9.17) is 4.42 Å². The number of nitrogens with zero attached hydrogens (tertiary/aromatic N) is 1. The van der Waals surface area contributed by atoms with Gasteiger partial charge in [-0.3, -0.25) is 4.79 Å². The van der Waals surface area contributed by atoms with Gasteiger partial charge in [-0.15, -0.1) is 0 Å². The second kappa shape index (κ2) is 8.06. The molecule has 4 aromatic rings. The summed E-state index contributed by atoms with van der Waals surface area (Å²) in [6, 6.07) is 29.4. The Labute approximate surface area is 162 Å². The molecular weight excluding hydrogens is 354 g/mol. The van der Waals surface area contributed by atoms with Crippen LogP contribution in [0.5, 0.6) is 0 Å². The van der Waals surface area contributed by atoms with Gasteiger partial charge in [0.1, 0.15) is 5.69 Å². The molecule has 3 aromatic carbocycles. The van der Waals surface area contributed by atoms with Crippen LogP contribution in [0.15, 0.2) is 101 Å². The molecule has 0 aliphatic rings. The van der Waals surface area contributed by atoms with Crippen molar-refractivity contribution in [3.05, 3.63) is 96.6 Å². The van der Waals surface area contributed by atoms with Crippen molar-refractivity contribution >= 4 is 16.9 Å². The smallest absolute Gasteiger partial charge is 0.264 e. The second-order valence-electron chi connectivity index (χ2n) is 6.03. The Balaban J connectivity index is 1.64. The van der Waals surface area contributed by atoms with E-state index >= 15 is 0 Å². The van der Waals surface area contributed by atoms with E-state index < -0.39 is 0 Å². The van der Waals surface area contributed by atoms with E-state index in [9.17, 15) is 4.79 Å². The van der Waals surface area contributed by atoms with E-state index in [1.165, 1.54) is 0 Å². The first-order valence-electron chi connectivity index (χ1n) is 8.66. The van der Waals surface area contributed by atoms with Crippen LogP contribution in [-0.2, 0) is 11.2 Å². The van der Waals surface area contributed by atoms with Crippen LogP contribution < -0.4 is 0 Å². The van der Waals surface area contributed by atoms with Crippen molar-refractivity contribution in [1.82, 2.24) is 4.98 Å². The zero-order chi connectivity index (χ0) is 18.5. The highest BCUT2D eigenvalue weighted by Crippen LogP contribution is 2.35. The van der Waals surface area contributed by atoms with Gasteiger partial charge >= 0.3 is 0 Å². The van der Waals surface area contributed by atoms with E-state index in [2.05, 4.69) is 4.98 Å². The number of aromatic nitrogens is 1. The average molecular weight is 371 g/mol. The fourth-order valence-electron chi connectivity index (χ4n) is 2.82. The van der Waals surface area contributed by atoms with E-state index in [-0.39, 0.29) is 5.12 Å². The van der Waals surface area contributed by atoms with Crippen LogP contribution in [0.25, 0.3) is 22.6 Å². The lowest BCUT2D eigenvalue weighted by atomic mass is 10.1. The summed E-state index contributed by atoms with van der Waals surface area (Å²) in [7, 11) is 0. The molecule has 132 valence electrons. The number of rotatable bonds is 5. The normalized spacial score (nSPS) is 10.7. The summed E-state index contributed by atoms with van der Waals surface area (Å²) in [4.78, 5) is 17.1. The van der Waals surface area contributed by atoms with Crippen LogP contribution in [0.1, 0.15) is 5.56 Å². The summed E-state index contributed by atoms with van der Waals surface area (Å²) in [5, 5.41) is 0.371. The Kier molecular flexibility index (Phi) is 5.17. The molecule has 0 bridgehead atoms. The minimum atomic E-state index is 0.00155. The first kappa shape index (κ1) is 17.3. The molecule has 0 radical (unpaired) electrons. The molecule has 0 saturated heterocycles. The number of hydrogen-bond acceptors (Lipinski definition) is 4. The predicted octanol–water partition coefficient (Wildman–Crippen LogP) is 5.87. The largest absolute Gasteiger partial charge is 0.430 e. The SMILES string of the molecule is O=C(Cc1ccccc1)Sc1nc(-c2ccccc2)c(-c2ccccc2)o1. The molecule has 1 aromatic heterocycles. The van der Waals surface area contributed by atoms with Crippen molar-refractivity contribution in [2.45, 2.75) is 11.6 Å². The molecule has 3 nitrogen and oxygen atoms in total. The lowest BCUT2D eigenvalue weighted by Crippen LogP contribution is -1.97. The topological polar surface area (TPSA) is 43.1 Å². The Morgan fingerprint density at radius 2 is 1.33 bits per heavy atom. The highest BCUT2D eigenvalue weighted by atomic mass is 32.2. The van der Waals surface area contributed by atoms with Gasteiger partial charge in [-0.1, -0.05) is 91.0 Å². The second-order valence-corrected chi connectivity index (χ2v) is 7.03. The third-order valence-electron chi connectivity index (χ3n) is 4.08. The van der Waals surface area contributed by atoms with Crippen molar-refractivity contribution in [3.63, 3.8) is 0 Å². The van der Waals surface area contributed by atoms with Crippen molar-refractivity contribution in [1.29, 1.82) is 0 Å². The fourth-order valence-corrected chi connectivity index (χ4v) is 3.51. The van der Waals surface area contributed by atoms with Crippen LogP contribution in [0.4, 0.5) is 0 Å². The zero-order valence-electron chi connectivity index (χ0n) is 14.5. The van der Waals surface area contributed by atoms with Crippen LogP contribution in [-0.4, -0.2) is 10.1 Å². The van der Waals surface area contributed by atoms with Crippen molar-refractivity contribution in [3.8, 4) is 22.6 Å². The lowest BCUT2D eigenvalue weighted by Gasteiger charge is -2.00. The van der Waals surface area contributed by atoms with Gasteiger partial charge < -0.3 is 4.42 Å². The van der Waals surface area contributed by atoms with Gasteiger partial charge in [0, 0.05) is 29.3 Å². The average Bonchev–Trinajstić information content (AvgIpc) is 3.14. The third kappa shape index (κ3) is 4.18. The van der Waals surface area contributed by atoms with Crippen LogP contribution in [0.3, 0.4) is 0 Å². The van der Waals surface area contributed by atoms with Crippen molar-refractivity contribution in [2.24, 2.45) is 0 Å². The molecule has 0 aliphatic carbocycles. The standard InChI is InChI=1S/C23H17NO2S/c25-20(16-17-10-4-1-5-11-17)27-23-24-21(18-12-6-2-7-13-18)22(26-23)19-14-8-3-9-15-19/h1-15H,16H2. The lowest BCUT2D eigenvalue weighted by molar-refractivity contribution is -0.110. The van der Waals surface area contributed by atoms with Gasteiger partial charge in [0.25, 0.3) is 5.22 Å². The van der Waals surface area contributed by atoms with Gasteiger partial charge in [-0.25, -0.2) is 4.98 Å². The molecule has 4 heteroatoms. The molecule has 0 unspecified atom stereocenters. The number of hydrogen-bond donors (Lipinski definition) is 0. The molecule has 0 fully saturated rings. The zero-order valence-corrected chi connectivity index (χ0v) is 15.4. The highest BCUT2D eigenvalue weighted by molar-refractivity contribution is 8.13. The van der Waals surface area contributed by atoms with Crippen LogP contribution >= 0.6 is 11.8 Å². The maximum Gasteiger partial charge on any atom is 0.264 e. The van der Waals surface area contributed by atoms with E-state index in [1.807, 2.05) is 91.0 Å². The molecule has 0 atom stereocenters. The first-order valence-corrected chi connectivity index (χ1v) is 9.47. The van der Waals surface area contributed by atoms with E-state index in [0.29, 0.717) is 17.4 Å². The molecule has 0 aliphatic heterocycles. The summed E-state index contributed by atoms with van der Waals surface area (Å²) in [5.41, 5.74) is 3.62. The van der Waals surface area contributed by atoms with Gasteiger partial charge in [-0.05, 0) is 5.56 Å². The molecule has 0 N–H and O–H groups in total. The summed E-state index contributed by atoms with van der Waals surface area (Å²) in [5.74, 6) is 0.678. The molecule has 1 heterocycles. The maximum atomic E-state index is 12.4. The Bertz CT molecular complexity index is 971. The number of thioether (sulfide) groups is 1. The van der Waals surface area contributed by atoms with Crippen molar-refractivity contribution in [2.75, 3.05) is 0 Å². The van der Waals surface area contributed by atoms with E-state index in [0.717, 1.165) is 34.1 Å². The van der Waals surface area contributed by atoms with Crippen molar-refractivity contribution < 1.29 is 9.21 Å². The molecule has 27 heavy (non-hydrogen) atoms. The van der Waals surface area contributed by atoms with Crippen LogP contribution in [0, 0.1) is 0 Å². The minimum Gasteiger partial charge on any atom is -0.430 e. The van der Waals surface area contributed by atoms with E-state index in [1.54, 1.807) is 0 Å². The van der Waals surface area contributed by atoms with Gasteiger partial charge in [0.05, 0.1) is 0 Å². The number of carbonyl (C=O) groups is 1. The maximum absolute atomic E-state index is 12.4. The quantitative estimate of drug-likeness (QED) is 0.412. The predicted molar refractivity (Wildman–Crippen MR) is 108 cm³/mol. The Morgan fingerprint density at radius 1 is 0.778 bits per heavy atom. The molecule has 4 rings (SSSR count). The summed E-state index contributed by atoms with van der Waals surface area (Å²) >= 11 is 1.05. The number of oxazole rings is 1.